The number of nitrogens with zero attached hydrogens (tertiary/aromatic N) is 4. The van der Waals surface area contributed by atoms with E-state index in [1.165, 1.54) is 11.3 Å². The molecule has 0 saturated heterocycles. The minimum absolute atomic E-state index is 0.201. The molecule has 0 fully saturated rings. The minimum atomic E-state index is -1.16. The number of rotatable bonds is 3. The Morgan fingerprint density at radius 2 is 2.21 bits per heavy atom. The number of aromatic nitrogens is 3. The fourth-order valence-electron chi connectivity index (χ4n) is 4.15. The Morgan fingerprint density at radius 1 is 1.41 bits per heavy atom. The molecule has 29 heavy (non-hydrogen) atoms. The summed E-state index contributed by atoms with van der Waals surface area (Å²) in [5, 5.41) is 4.25. The van der Waals surface area contributed by atoms with Crippen molar-refractivity contribution in [2.24, 2.45) is 16.6 Å². The molecule has 1 aromatic carbocycles. The lowest BCUT2D eigenvalue weighted by atomic mass is 9.81. The highest BCUT2D eigenvalue weighted by molar-refractivity contribution is 7.07. The molecule has 5 rings (SSSR count). The molecule has 8 nitrogen and oxygen atoms in total. The minimum Gasteiger partial charge on any atom is -0.465 e. The van der Waals surface area contributed by atoms with E-state index in [1.54, 1.807) is 28.4 Å². The van der Waals surface area contributed by atoms with Crippen LogP contribution in [0.1, 0.15) is 31.0 Å². The second-order valence-corrected chi connectivity index (χ2v) is 8.34. The van der Waals surface area contributed by atoms with Gasteiger partial charge in [-0.2, -0.15) is 5.10 Å². The van der Waals surface area contributed by atoms with Gasteiger partial charge in [0.1, 0.15) is 11.7 Å². The lowest BCUT2D eigenvalue weighted by Gasteiger charge is -2.44. The number of fused-ring (bicyclic) bond motifs is 6. The van der Waals surface area contributed by atoms with Crippen molar-refractivity contribution >= 4 is 23.3 Å². The maximum atomic E-state index is 13.3. The second kappa shape index (κ2) is 6.15. The largest absolute Gasteiger partial charge is 0.465 e. The van der Waals surface area contributed by atoms with Gasteiger partial charge in [0.15, 0.2) is 4.80 Å². The molecular formula is C20H19N5O3S. The van der Waals surface area contributed by atoms with E-state index in [-0.39, 0.29) is 5.56 Å². The number of para-hydroxylation sites is 1. The number of nitrogens with two attached hydrogens (primary N) is 1. The highest BCUT2D eigenvalue weighted by Gasteiger charge is 2.54. The van der Waals surface area contributed by atoms with E-state index in [4.69, 9.17) is 10.5 Å². The van der Waals surface area contributed by atoms with E-state index in [9.17, 15) is 9.59 Å². The summed E-state index contributed by atoms with van der Waals surface area (Å²) < 4.78 is 10.0. The Labute approximate surface area is 169 Å². The van der Waals surface area contributed by atoms with Crippen LogP contribution >= 0.6 is 11.3 Å². The van der Waals surface area contributed by atoms with Crippen LogP contribution in [0.3, 0.4) is 0 Å². The number of amides is 1. The van der Waals surface area contributed by atoms with Gasteiger partial charge in [0.05, 0.1) is 16.8 Å². The van der Waals surface area contributed by atoms with Gasteiger partial charge in [0.2, 0.25) is 11.6 Å². The normalized spacial score (nSPS) is 25.0. The summed E-state index contributed by atoms with van der Waals surface area (Å²) in [5.41, 5.74) is 5.98. The number of carbonyl (C=O) groups is 1. The van der Waals surface area contributed by atoms with Crippen LogP contribution < -0.4 is 25.4 Å². The van der Waals surface area contributed by atoms with Crippen molar-refractivity contribution < 1.29 is 9.53 Å². The van der Waals surface area contributed by atoms with E-state index in [2.05, 4.69) is 10.1 Å². The SMILES string of the molecule is CCn1cc(/C=c2\sc3n(c2=O)[C@H]2c4ccccc4O[C@@](C)(N=3)[C@@H]2C(N)=O)cn1. The number of ether oxygens (including phenoxy) is 1. The summed E-state index contributed by atoms with van der Waals surface area (Å²) in [6.45, 7) is 4.49. The van der Waals surface area contributed by atoms with Crippen LogP contribution in [0.5, 0.6) is 5.75 Å². The Hall–Kier alpha value is -3.20. The maximum Gasteiger partial charge on any atom is 0.270 e. The van der Waals surface area contributed by atoms with Gasteiger partial charge in [-0.15, -0.1) is 0 Å². The van der Waals surface area contributed by atoms with E-state index in [1.807, 2.05) is 37.4 Å². The van der Waals surface area contributed by atoms with Crippen molar-refractivity contribution in [2.45, 2.75) is 32.2 Å². The van der Waals surface area contributed by atoms with E-state index in [0.29, 0.717) is 15.1 Å². The van der Waals surface area contributed by atoms with Gasteiger partial charge < -0.3 is 10.5 Å². The van der Waals surface area contributed by atoms with Crippen LogP contribution in [-0.4, -0.2) is 26.0 Å². The molecule has 2 bridgehead atoms. The smallest absolute Gasteiger partial charge is 0.270 e. The summed E-state index contributed by atoms with van der Waals surface area (Å²) in [4.78, 5) is 30.9. The third kappa shape index (κ3) is 2.57. The van der Waals surface area contributed by atoms with Crippen molar-refractivity contribution in [3.05, 3.63) is 67.5 Å². The average molecular weight is 409 g/mol. The van der Waals surface area contributed by atoms with Gasteiger partial charge in [-0.05, 0) is 26.0 Å². The first kappa shape index (κ1) is 17.9. The zero-order valence-corrected chi connectivity index (χ0v) is 16.7. The third-order valence-corrected chi connectivity index (χ3v) is 6.44. The zero-order valence-electron chi connectivity index (χ0n) is 15.9. The molecule has 4 heterocycles. The fourth-order valence-corrected chi connectivity index (χ4v) is 5.25. The van der Waals surface area contributed by atoms with Crippen molar-refractivity contribution in [3.8, 4) is 5.75 Å². The lowest BCUT2D eigenvalue weighted by molar-refractivity contribution is -0.133. The number of carbonyl (C=O) groups excluding carboxylic acids is 1. The van der Waals surface area contributed by atoms with Gasteiger partial charge >= 0.3 is 0 Å². The first-order chi connectivity index (χ1) is 13.9. The highest BCUT2D eigenvalue weighted by atomic mass is 32.1. The summed E-state index contributed by atoms with van der Waals surface area (Å²) in [7, 11) is 0. The second-order valence-electron chi connectivity index (χ2n) is 7.33. The molecule has 3 aromatic rings. The molecule has 2 aliphatic rings. The van der Waals surface area contributed by atoms with E-state index < -0.39 is 23.6 Å². The molecule has 0 spiro atoms. The number of hydrogen-bond donors (Lipinski definition) is 1. The first-order valence-corrected chi connectivity index (χ1v) is 10.2. The van der Waals surface area contributed by atoms with Gasteiger partial charge in [0, 0.05) is 23.9 Å². The highest BCUT2D eigenvalue weighted by Crippen LogP contribution is 2.46. The van der Waals surface area contributed by atoms with Crippen LogP contribution in [-0.2, 0) is 11.3 Å². The predicted molar refractivity (Wildman–Crippen MR) is 107 cm³/mol. The van der Waals surface area contributed by atoms with Gasteiger partial charge in [-0.3, -0.25) is 18.8 Å². The molecule has 9 heteroatoms. The Kier molecular flexibility index (Phi) is 3.79. The lowest BCUT2D eigenvalue weighted by Crippen LogP contribution is -2.59. The van der Waals surface area contributed by atoms with Crippen molar-refractivity contribution in [1.29, 1.82) is 0 Å². The fraction of sp³-hybridized carbons (Fsp3) is 0.300. The third-order valence-electron chi connectivity index (χ3n) is 5.46. The van der Waals surface area contributed by atoms with Crippen molar-refractivity contribution in [3.63, 3.8) is 0 Å². The van der Waals surface area contributed by atoms with Crippen molar-refractivity contribution in [1.82, 2.24) is 14.3 Å². The van der Waals surface area contributed by atoms with Crippen LogP contribution in [0, 0.1) is 5.92 Å². The summed E-state index contributed by atoms with van der Waals surface area (Å²) in [5.74, 6) is -0.720. The number of benzene rings is 1. The number of aryl methyl sites for hydroxylation is 1. The topological polar surface area (TPSA) is 104 Å². The average Bonchev–Trinajstić information content (AvgIpc) is 3.25. The van der Waals surface area contributed by atoms with E-state index >= 15 is 0 Å². The molecular weight excluding hydrogens is 390 g/mol. The molecule has 1 amide bonds. The molecule has 2 aliphatic heterocycles. The first-order valence-electron chi connectivity index (χ1n) is 9.34. The standard InChI is InChI=1S/C20H19N5O3S/c1-3-24-10-11(9-22-24)8-14-18(27)25-16-12-6-4-5-7-13(12)28-20(2,15(16)17(21)26)23-19(25)29-14/h4-10,15-16H,3H2,1-2H3,(H2,21,26)/b14-8-/t15-,16-,20+/m0/s1. The quantitative estimate of drug-likeness (QED) is 0.676. The van der Waals surface area contributed by atoms with Gasteiger partial charge in [0.25, 0.3) is 5.56 Å². The Morgan fingerprint density at radius 3 is 2.93 bits per heavy atom. The molecule has 0 unspecified atom stereocenters. The number of hydrogen-bond acceptors (Lipinski definition) is 6. The molecule has 0 radical (unpaired) electrons. The van der Waals surface area contributed by atoms with E-state index in [0.717, 1.165) is 17.7 Å². The molecule has 2 aromatic heterocycles. The number of primary amides is 1. The number of thiazole rings is 1. The Bertz CT molecular complexity index is 1320. The molecule has 148 valence electrons. The van der Waals surface area contributed by atoms with Gasteiger partial charge in [-0.1, -0.05) is 29.5 Å². The summed E-state index contributed by atoms with van der Waals surface area (Å²) in [6.07, 6.45) is 5.39. The van der Waals surface area contributed by atoms with Crippen molar-refractivity contribution in [2.75, 3.05) is 0 Å². The monoisotopic (exact) mass is 409 g/mol. The Balaban J connectivity index is 1.78. The zero-order chi connectivity index (χ0) is 20.3. The molecule has 0 aliphatic carbocycles. The summed E-state index contributed by atoms with van der Waals surface area (Å²) >= 11 is 1.28. The summed E-state index contributed by atoms with van der Waals surface area (Å²) in [6, 6.07) is 6.84. The molecule has 2 N–H and O–H groups in total. The molecule has 3 atom stereocenters. The molecule has 0 saturated carbocycles. The van der Waals surface area contributed by atoms with Crippen LogP contribution in [0.2, 0.25) is 0 Å². The van der Waals surface area contributed by atoms with Gasteiger partial charge in [-0.25, -0.2) is 4.99 Å². The maximum absolute atomic E-state index is 13.3. The van der Waals surface area contributed by atoms with Crippen LogP contribution in [0.4, 0.5) is 0 Å². The van der Waals surface area contributed by atoms with Crippen LogP contribution in [0.25, 0.3) is 6.08 Å². The van der Waals surface area contributed by atoms with Crippen LogP contribution in [0.15, 0.2) is 46.4 Å². The predicted octanol–water partition coefficient (Wildman–Crippen LogP) is 0.388.